The fourth-order valence-electron chi connectivity index (χ4n) is 4.65. The van der Waals surface area contributed by atoms with Crippen LogP contribution in [0.3, 0.4) is 0 Å². The third-order valence-corrected chi connectivity index (χ3v) is 6.43. The van der Waals surface area contributed by atoms with Crippen LogP contribution in [0.15, 0.2) is 116 Å². The number of rotatable bonds is 14. The molecule has 0 radical (unpaired) electrons. The summed E-state index contributed by atoms with van der Waals surface area (Å²) in [7, 11) is 0. The standard InChI is InChI=1S/C33H38O5/c1-4-14-29-32(37-25(2)3)33(36-23-28-19-12-7-13-20-28)31(35-22-27-17-10-6-11-18-27)30(38-29)24-34-21-26-15-8-5-9-16-26/h4-13,15-20,29-33H,1-2,14,21-24H2,3H3/t29-,30-,31-,32+,33+/m1/s1. The highest BCUT2D eigenvalue weighted by molar-refractivity contribution is 5.15. The minimum atomic E-state index is -0.430. The number of hydrogen-bond donors (Lipinski definition) is 0. The summed E-state index contributed by atoms with van der Waals surface area (Å²) >= 11 is 0. The number of benzene rings is 3. The third kappa shape index (κ3) is 8.14. The van der Waals surface area contributed by atoms with Gasteiger partial charge in [-0.1, -0.05) is 104 Å². The van der Waals surface area contributed by atoms with Crippen molar-refractivity contribution in [2.45, 2.75) is 63.7 Å². The molecule has 4 rings (SSSR count). The molecule has 0 saturated carbocycles. The van der Waals surface area contributed by atoms with Gasteiger partial charge in [-0.3, -0.25) is 0 Å². The molecule has 1 heterocycles. The Morgan fingerprint density at radius 2 is 1.21 bits per heavy atom. The van der Waals surface area contributed by atoms with Crippen molar-refractivity contribution in [2.75, 3.05) is 6.61 Å². The Labute approximate surface area is 226 Å². The topological polar surface area (TPSA) is 46.2 Å². The summed E-state index contributed by atoms with van der Waals surface area (Å²) in [4.78, 5) is 0. The Kier molecular flexibility index (Phi) is 10.7. The summed E-state index contributed by atoms with van der Waals surface area (Å²) in [6, 6.07) is 30.3. The SMILES string of the molecule is C=CC[C@H]1O[C@H](COCc2ccccc2)[C@@H](OCc2ccccc2)[C@H](OCc2ccccc2)[C@H]1OC(=C)C. The third-order valence-electron chi connectivity index (χ3n) is 6.43. The van der Waals surface area contributed by atoms with Crippen molar-refractivity contribution in [3.05, 3.63) is 133 Å². The molecule has 0 unspecified atom stereocenters. The molecule has 38 heavy (non-hydrogen) atoms. The van der Waals surface area contributed by atoms with Gasteiger partial charge in [0.25, 0.3) is 0 Å². The zero-order chi connectivity index (χ0) is 26.6. The molecular weight excluding hydrogens is 476 g/mol. The number of ether oxygens (including phenoxy) is 5. The Morgan fingerprint density at radius 1 is 0.711 bits per heavy atom. The lowest BCUT2D eigenvalue weighted by molar-refractivity contribution is -0.263. The highest BCUT2D eigenvalue weighted by Crippen LogP contribution is 2.32. The van der Waals surface area contributed by atoms with Crippen molar-refractivity contribution in [1.82, 2.24) is 0 Å². The molecule has 5 atom stereocenters. The maximum Gasteiger partial charge on any atom is 0.153 e. The van der Waals surface area contributed by atoms with Gasteiger partial charge < -0.3 is 23.7 Å². The van der Waals surface area contributed by atoms with Gasteiger partial charge in [-0.05, 0) is 30.0 Å². The van der Waals surface area contributed by atoms with Gasteiger partial charge in [-0.15, -0.1) is 6.58 Å². The lowest BCUT2D eigenvalue weighted by Crippen LogP contribution is -2.61. The molecule has 0 aromatic heterocycles. The highest BCUT2D eigenvalue weighted by atomic mass is 16.6. The van der Waals surface area contributed by atoms with E-state index in [9.17, 15) is 0 Å². The van der Waals surface area contributed by atoms with E-state index >= 15 is 0 Å². The van der Waals surface area contributed by atoms with Crippen molar-refractivity contribution in [1.29, 1.82) is 0 Å². The molecule has 1 aliphatic heterocycles. The Bertz CT molecular complexity index is 1100. The van der Waals surface area contributed by atoms with Crippen molar-refractivity contribution in [2.24, 2.45) is 0 Å². The van der Waals surface area contributed by atoms with Gasteiger partial charge in [0.1, 0.15) is 24.4 Å². The van der Waals surface area contributed by atoms with E-state index in [1.807, 2.05) is 91.9 Å². The van der Waals surface area contributed by atoms with Crippen LogP contribution in [0, 0.1) is 0 Å². The van der Waals surface area contributed by atoms with E-state index in [1.54, 1.807) is 0 Å². The largest absolute Gasteiger partial charge is 0.490 e. The Hall–Kier alpha value is -3.22. The highest BCUT2D eigenvalue weighted by Gasteiger charge is 2.48. The average molecular weight is 515 g/mol. The lowest BCUT2D eigenvalue weighted by Gasteiger charge is -2.46. The predicted molar refractivity (Wildman–Crippen MR) is 149 cm³/mol. The Balaban J connectivity index is 1.58. The van der Waals surface area contributed by atoms with Gasteiger partial charge in [-0.25, -0.2) is 0 Å². The first-order valence-electron chi connectivity index (χ1n) is 13.1. The van der Waals surface area contributed by atoms with E-state index in [2.05, 4.69) is 25.3 Å². The van der Waals surface area contributed by atoms with Gasteiger partial charge in [0.05, 0.1) is 32.2 Å². The minimum absolute atomic E-state index is 0.285. The molecule has 0 aliphatic carbocycles. The summed E-state index contributed by atoms with van der Waals surface area (Å²) in [6.07, 6.45) is 0.537. The second-order valence-corrected chi connectivity index (χ2v) is 9.55. The normalized spacial score (nSPS) is 23.0. The maximum atomic E-state index is 6.59. The van der Waals surface area contributed by atoms with Crippen LogP contribution >= 0.6 is 0 Å². The molecule has 0 N–H and O–H groups in total. The quantitative estimate of drug-likeness (QED) is 0.178. The molecule has 0 spiro atoms. The molecule has 5 heteroatoms. The predicted octanol–water partition coefficient (Wildman–Crippen LogP) is 6.64. The van der Waals surface area contributed by atoms with Crippen molar-refractivity contribution < 1.29 is 23.7 Å². The van der Waals surface area contributed by atoms with Gasteiger partial charge in [0.15, 0.2) is 6.10 Å². The van der Waals surface area contributed by atoms with Crippen LogP contribution in [0.5, 0.6) is 0 Å². The van der Waals surface area contributed by atoms with Crippen LogP contribution < -0.4 is 0 Å². The fraction of sp³-hybridized carbons (Fsp3) is 0.333. The number of allylic oxidation sites excluding steroid dienone is 1. The van der Waals surface area contributed by atoms with E-state index in [0.717, 1.165) is 16.7 Å². The van der Waals surface area contributed by atoms with Crippen LogP contribution in [-0.2, 0) is 43.5 Å². The lowest BCUT2D eigenvalue weighted by atomic mass is 9.92. The molecular formula is C33H38O5. The molecule has 3 aromatic carbocycles. The van der Waals surface area contributed by atoms with Crippen LogP contribution in [-0.4, -0.2) is 37.1 Å². The monoisotopic (exact) mass is 514 g/mol. The molecule has 200 valence electrons. The van der Waals surface area contributed by atoms with Gasteiger partial charge >= 0.3 is 0 Å². The molecule has 3 aromatic rings. The van der Waals surface area contributed by atoms with Crippen LogP contribution in [0.1, 0.15) is 30.0 Å². The second kappa shape index (κ2) is 14.6. The molecule has 1 fully saturated rings. The number of hydrogen-bond acceptors (Lipinski definition) is 5. The second-order valence-electron chi connectivity index (χ2n) is 9.55. The fourth-order valence-corrected chi connectivity index (χ4v) is 4.65. The summed E-state index contributed by atoms with van der Waals surface area (Å²) in [5, 5.41) is 0. The maximum absolute atomic E-state index is 6.59. The Morgan fingerprint density at radius 3 is 1.71 bits per heavy atom. The summed E-state index contributed by atoms with van der Waals surface area (Å²) in [5.41, 5.74) is 3.25. The van der Waals surface area contributed by atoms with E-state index in [-0.39, 0.29) is 12.2 Å². The molecule has 1 aliphatic rings. The first-order valence-corrected chi connectivity index (χ1v) is 13.1. The molecule has 0 bridgehead atoms. The zero-order valence-corrected chi connectivity index (χ0v) is 22.1. The first-order chi connectivity index (χ1) is 18.6. The minimum Gasteiger partial charge on any atom is -0.490 e. The van der Waals surface area contributed by atoms with Crippen LogP contribution in [0.25, 0.3) is 0 Å². The van der Waals surface area contributed by atoms with Crippen LogP contribution in [0.2, 0.25) is 0 Å². The van der Waals surface area contributed by atoms with E-state index in [0.29, 0.717) is 38.6 Å². The molecule has 5 nitrogen and oxygen atoms in total. The molecule has 0 amide bonds. The van der Waals surface area contributed by atoms with Gasteiger partial charge in [0, 0.05) is 0 Å². The summed E-state index contributed by atoms with van der Waals surface area (Å²) in [6.45, 7) is 11.5. The molecule has 1 saturated heterocycles. The van der Waals surface area contributed by atoms with E-state index in [4.69, 9.17) is 23.7 Å². The average Bonchev–Trinajstić information content (AvgIpc) is 2.94. The van der Waals surface area contributed by atoms with Crippen molar-refractivity contribution >= 4 is 0 Å². The van der Waals surface area contributed by atoms with Crippen molar-refractivity contribution in [3.63, 3.8) is 0 Å². The summed E-state index contributed by atoms with van der Waals surface area (Å²) < 4.78 is 32.1. The van der Waals surface area contributed by atoms with Crippen molar-refractivity contribution in [3.8, 4) is 0 Å². The zero-order valence-electron chi connectivity index (χ0n) is 22.1. The smallest absolute Gasteiger partial charge is 0.153 e. The van der Waals surface area contributed by atoms with Crippen LogP contribution in [0.4, 0.5) is 0 Å². The first kappa shape index (κ1) is 27.8. The van der Waals surface area contributed by atoms with Gasteiger partial charge in [-0.2, -0.15) is 0 Å². The van der Waals surface area contributed by atoms with E-state index < -0.39 is 18.3 Å². The van der Waals surface area contributed by atoms with Gasteiger partial charge in [0.2, 0.25) is 0 Å². The van der Waals surface area contributed by atoms with E-state index in [1.165, 1.54) is 0 Å². The summed E-state index contributed by atoms with van der Waals surface area (Å²) in [5.74, 6) is 0.599.